The number of aromatic amines is 1. The molecule has 5 heteroatoms. The van der Waals surface area contributed by atoms with E-state index in [0.717, 1.165) is 38.8 Å². The van der Waals surface area contributed by atoms with Crippen LogP contribution in [0.3, 0.4) is 0 Å². The SMILES string of the molecule is Cc1cc(OCc2nc3ccc(Cl)cc3[nH]2)c(C(C)C)cc1Cl. The lowest BCUT2D eigenvalue weighted by Crippen LogP contribution is -2.02. The van der Waals surface area contributed by atoms with Gasteiger partial charge in [-0.05, 0) is 54.3 Å². The molecule has 3 rings (SSSR count). The van der Waals surface area contributed by atoms with E-state index in [1.54, 1.807) is 0 Å². The summed E-state index contributed by atoms with van der Waals surface area (Å²) in [4.78, 5) is 7.75. The summed E-state index contributed by atoms with van der Waals surface area (Å²) in [6.07, 6.45) is 0. The second-order valence-corrected chi connectivity index (χ2v) is 6.77. The van der Waals surface area contributed by atoms with Gasteiger partial charge in [-0.25, -0.2) is 4.98 Å². The average Bonchev–Trinajstić information content (AvgIpc) is 2.89. The molecule has 0 saturated heterocycles. The Morgan fingerprint density at radius 2 is 1.96 bits per heavy atom. The maximum absolute atomic E-state index is 6.23. The zero-order valence-electron chi connectivity index (χ0n) is 13.3. The Morgan fingerprint density at radius 3 is 2.70 bits per heavy atom. The van der Waals surface area contributed by atoms with E-state index in [-0.39, 0.29) is 0 Å². The molecule has 2 aromatic carbocycles. The molecule has 120 valence electrons. The molecule has 0 fully saturated rings. The van der Waals surface area contributed by atoms with Gasteiger partial charge in [0.25, 0.3) is 0 Å². The normalized spacial score (nSPS) is 11.4. The van der Waals surface area contributed by atoms with Gasteiger partial charge >= 0.3 is 0 Å². The molecular formula is C18H18Cl2N2O. The van der Waals surface area contributed by atoms with Gasteiger partial charge in [0, 0.05) is 10.0 Å². The van der Waals surface area contributed by atoms with E-state index in [1.807, 2.05) is 37.3 Å². The molecule has 0 atom stereocenters. The molecule has 1 heterocycles. The molecule has 3 aromatic rings. The van der Waals surface area contributed by atoms with Crippen LogP contribution in [-0.2, 0) is 6.61 Å². The Morgan fingerprint density at radius 1 is 1.17 bits per heavy atom. The third-order valence-corrected chi connectivity index (χ3v) is 4.41. The van der Waals surface area contributed by atoms with Gasteiger partial charge in [0.1, 0.15) is 18.2 Å². The lowest BCUT2D eigenvalue weighted by atomic mass is 10.0. The van der Waals surface area contributed by atoms with Gasteiger partial charge in [-0.2, -0.15) is 0 Å². The number of ether oxygens (including phenoxy) is 1. The number of nitrogens with zero attached hydrogens (tertiary/aromatic N) is 1. The quantitative estimate of drug-likeness (QED) is 0.639. The third kappa shape index (κ3) is 3.46. The standard InChI is InChI=1S/C18H18Cl2N2O/c1-10(2)13-8-14(20)11(3)6-17(13)23-9-18-21-15-5-4-12(19)7-16(15)22-18/h4-8,10H,9H2,1-3H3,(H,21,22). The monoisotopic (exact) mass is 348 g/mol. The summed E-state index contributed by atoms with van der Waals surface area (Å²) in [6, 6.07) is 9.55. The molecule has 23 heavy (non-hydrogen) atoms. The van der Waals surface area contributed by atoms with E-state index in [1.165, 1.54) is 0 Å². The Balaban J connectivity index is 1.85. The van der Waals surface area contributed by atoms with E-state index >= 15 is 0 Å². The highest BCUT2D eigenvalue weighted by Crippen LogP contribution is 2.32. The second-order valence-electron chi connectivity index (χ2n) is 5.93. The minimum Gasteiger partial charge on any atom is -0.485 e. The van der Waals surface area contributed by atoms with Crippen LogP contribution in [0.5, 0.6) is 5.75 Å². The Hall–Kier alpha value is -1.71. The van der Waals surface area contributed by atoms with E-state index in [4.69, 9.17) is 27.9 Å². The van der Waals surface area contributed by atoms with Crippen LogP contribution >= 0.6 is 23.2 Å². The van der Waals surface area contributed by atoms with Crippen LogP contribution in [0.1, 0.15) is 36.7 Å². The molecule has 0 aliphatic heterocycles. The lowest BCUT2D eigenvalue weighted by Gasteiger charge is -2.15. The summed E-state index contributed by atoms with van der Waals surface area (Å²) in [5, 5.41) is 1.45. The first kappa shape index (κ1) is 16.2. The van der Waals surface area contributed by atoms with Gasteiger partial charge in [-0.15, -0.1) is 0 Å². The highest BCUT2D eigenvalue weighted by Gasteiger charge is 2.12. The van der Waals surface area contributed by atoms with Crippen LogP contribution in [-0.4, -0.2) is 9.97 Å². The lowest BCUT2D eigenvalue weighted by molar-refractivity contribution is 0.293. The Bertz CT molecular complexity index is 856. The van der Waals surface area contributed by atoms with Crippen LogP contribution in [0.2, 0.25) is 10.0 Å². The minimum absolute atomic E-state index is 0.331. The number of imidazole rings is 1. The maximum Gasteiger partial charge on any atom is 0.146 e. The smallest absolute Gasteiger partial charge is 0.146 e. The molecule has 0 aliphatic rings. The van der Waals surface area contributed by atoms with Crippen molar-refractivity contribution < 1.29 is 4.74 Å². The molecule has 1 N–H and O–H groups in total. The molecule has 1 aromatic heterocycles. The van der Waals surface area contributed by atoms with E-state index < -0.39 is 0 Å². The van der Waals surface area contributed by atoms with Gasteiger partial charge in [0.05, 0.1) is 11.0 Å². The number of nitrogens with one attached hydrogen (secondary N) is 1. The number of H-pyrrole nitrogens is 1. The summed E-state index contributed by atoms with van der Waals surface area (Å²) < 4.78 is 5.99. The summed E-state index contributed by atoms with van der Waals surface area (Å²) in [5.41, 5.74) is 3.89. The van der Waals surface area contributed by atoms with Crippen molar-refractivity contribution in [1.82, 2.24) is 9.97 Å². The van der Waals surface area contributed by atoms with Crippen molar-refractivity contribution in [2.75, 3.05) is 0 Å². The fourth-order valence-corrected chi connectivity index (χ4v) is 2.84. The van der Waals surface area contributed by atoms with Crippen molar-refractivity contribution >= 4 is 34.2 Å². The van der Waals surface area contributed by atoms with Crippen molar-refractivity contribution in [3.63, 3.8) is 0 Å². The number of aromatic nitrogens is 2. The summed E-state index contributed by atoms with van der Waals surface area (Å²) >= 11 is 12.2. The van der Waals surface area contributed by atoms with E-state index in [0.29, 0.717) is 17.5 Å². The van der Waals surface area contributed by atoms with Crippen molar-refractivity contribution in [2.45, 2.75) is 33.3 Å². The first-order valence-electron chi connectivity index (χ1n) is 7.51. The topological polar surface area (TPSA) is 37.9 Å². The highest BCUT2D eigenvalue weighted by atomic mass is 35.5. The molecule has 0 unspecified atom stereocenters. The first-order chi connectivity index (χ1) is 10.9. The number of fused-ring (bicyclic) bond motifs is 1. The molecule has 3 nitrogen and oxygen atoms in total. The zero-order chi connectivity index (χ0) is 16.6. The van der Waals surface area contributed by atoms with Gasteiger partial charge in [0.2, 0.25) is 0 Å². The molecular weight excluding hydrogens is 331 g/mol. The van der Waals surface area contributed by atoms with E-state index in [9.17, 15) is 0 Å². The minimum atomic E-state index is 0.331. The molecule has 0 radical (unpaired) electrons. The molecule has 0 spiro atoms. The number of hydrogen-bond donors (Lipinski definition) is 1. The number of halogens is 2. The summed E-state index contributed by atoms with van der Waals surface area (Å²) in [7, 11) is 0. The second kappa shape index (κ2) is 6.42. The van der Waals surface area contributed by atoms with Crippen LogP contribution in [0.25, 0.3) is 11.0 Å². The number of rotatable bonds is 4. The first-order valence-corrected chi connectivity index (χ1v) is 8.26. The van der Waals surface area contributed by atoms with Gasteiger partial charge in [-0.3, -0.25) is 0 Å². The van der Waals surface area contributed by atoms with Crippen LogP contribution in [0.15, 0.2) is 30.3 Å². The zero-order valence-corrected chi connectivity index (χ0v) is 14.8. The largest absolute Gasteiger partial charge is 0.485 e. The van der Waals surface area contributed by atoms with Crippen LogP contribution < -0.4 is 4.74 Å². The maximum atomic E-state index is 6.23. The summed E-state index contributed by atoms with van der Waals surface area (Å²) in [5.74, 6) is 1.95. The number of aryl methyl sites for hydroxylation is 1. The Labute approximate surface area is 145 Å². The number of hydrogen-bond acceptors (Lipinski definition) is 2. The summed E-state index contributed by atoms with van der Waals surface area (Å²) in [6.45, 7) is 6.59. The number of benzene rings is 2. The van der Waals surface area contributed by atoms with Crippen molar-refractivity contribution in [3.05, 3.63) is 57.3 Å². The molecule has 0 bridgehead atoms. The molecule has 0 aliphatic carbocycles. The fraction of sp³-hybridized carbons (Fsp3) is 0.278. The predicted molar refractivity (Wildman–Crippen MR) is 95.7 cm³/mol. The fourth-order valence-electron chi connectivity index (χ4n) is 2.50. The van der Waals surface area contributed by atoms with Crippen molar-refractivity contribution in [1.29, 1.82) is 0 Å². The average molecular weight is 349 g/mol. The van der Waals surface area contributed by atoms with Crippen LogP contribution in [0, 0.1) is 6.92 Å². The van der Waals surface area contributed by atoms with Gasteiger partial charge in [-0.1, -0.05) is 37.0 Å². The van der Waals surface area contributed by atoms with Crippen LogP contribution in [0.4, 0.5) is 0 Å². The predicted octanol–water partition coefficient (Wildman–Crippen LogP) is 5.88. The Kier molecular flexibility index (Phi) is 4.51. The highest BCUT2D eigenvalue weighted by molar-refractivity contribution is 6.31. The molecule has 0 amide bonds. The van der Waals surface area contributed by atoms with Gasteiger partial charge < -0.3 is 9.72 Å². The van der Waals surface area contributed by atoms with Gasteiger partial charge in [0.15, 0.2) is 0 Å². The third-order valence-electron chi connectivity index (χ3n) is 3.77. The van der Waals surface area contributed by atoms with E-state index in [2.05, 4.69) is 23.8 Å². The molecule has 0 saturated carbocycles. The van der Waals surface area contributed by atoms with Crippen molar-refractivity contribution in [2.24, 2.45) is 0 Å². The van der Waals surface area contributed by atoms with Crippen molar-refractivity contribution in [3.8, 4) is 5.75 Å².